The Labute approximate surface area is 234 Å². The fourth-order valence-corrected chi connectivity index (χ4v) is 6.87. The number of carbonyl (C=O) groups excluding carboxylic acids is 2. The molecular weight excluding hydrogens is 543 g/mol. The van der Waals surface area contributed by atoms with E-state index in [4.69, 9.17) is 9.90 Å². The molecule has 1 spiro atoms. The Morgan fingerprint density at radius 3 is 2.17 bits per heavy atom. The molecule has 224 valence electrons. The molecule has 3 saturated heterocycles. The number of carboxylic acid groups (broad SMARTS) is 1. The van der Waals surface area contributed by atoms with Gasteiger partial charge in [0.25, 0.3) is 0 Å². The number of aromatic nitrogens is 2. The first kappa shape index (κ1) is 29.3. The van der Waals surface area contributed by atoms with Crippen LogP contribution >= 0.6 is 0 Å². The molecule has 4 aliphatic rings. The summed E-state index contributed by atoms with van der Waals surface area (Å²) in [5.74, 6) is -2.91. The Hall–Kier alpha value is -3.19. The number of likely N-dealkylation sites (tertiary alicyclic amines) is 1. The number of halogens is 3. The minimum Gasteiger partial charge on any atom is -0.475 e. The van der Waals surface area contributed by atoms with Crippen LogP contribution in [0.15, 0.2) is 23.0 Å². The van der Waals surface area contributed by atoms with E-state index in [1.807, 2.05) is 6.07 Å². The molecule has 2 amide bonds. The van der Waals surface area contributed by atoms with Crippen LogP contribution in [-0.4, -0.2) is 75.3 Å². The highest BCUT2D eigenvalue weighted by Gasteiger charge is 2.42. The minimum atomic E-state index is -5.08. The van der Waals surface area contributed by atoms with Gasteiger partial charge in [-0.15, -0.1) is 0 Å². The number of amides is 2. The summed E-state index contributed by atoms with van der Waals surface area (Å²) >= 11 is 0. The first-order valence-electron chi connectivity index (χ1n) is 14.2. The first-order chi connectivity index (χ1) is 19.4. The smallest absolute Gasteiger partial charge is 0.475 e. The molecule has 41 heavy (non-hydrogen) atoms. The van der Waals surface area contributed by atoms with Gasteiger partial charge in [-0.1, -0.05) is 6.07 Å². The van der Waals surface area contributed by atoms with Crippen molar-refractivity contribution in [2.24, 2.45) is 12.5 Å². The Bertz CT molecular complexity index is 1380. The monoisotopic (exact) mass is 579 g/mol. The topological polar surface area (TPSA) is 126 Å². The number of benzene rings is 1. The van der Waals surface area contributed by atoms with Crippen LogP contribution in [-0.2, 0) is 21.4 Å². The zero-order valence-corrected chi connectivity index (χ0v) is 23.0. The number of fused-ring (bicyclic) bond motifs is 1. The van der Waals surface area contributed by atoms with Crippen molar-refractivity contribution in [1.82, 2.24) is 24.7 Å². The highest BCUT2D eigenvalue weighted by atomic mass is 19.4. The Morgan fingerprint density at radius 2 is 1.63 bits per heavy atom. The summed E-state index contributed by atoms with van der Waals surface area (Å²) in [4.78, 5) is 48.7. The second kappa shape index (κ2) is 11.2. The zero-order valence-electron chi connectivity index (χ0n) is 23.0. The van der Waals surface area contributed by atoms with E-state index in [-0.39, 0.29) is 23.9 Å². The number of hydrogen-bond donors (Lipinski definition) is 3. The zero-order chi connectivity index (χ0) is 29.5. The van der Waals surface area contributed by atoms with E-state index in [2.05, 4.69) is 27.7 Å². The maximum absolute atomic E-state index is 13.0. The Morgan fingerprint density at radius 1 is 1.00 bits per heavy atom. The number of aryl methyl sites for hydroxylation is 1. The van der Waals surface area contributed by atoms with Crippen molar-refractivity contribution in [3.8, 4) is 0 Å². The number of piperidine rings is 2. The van der Waals surface area contributed by atoms with Crippen LogP contribution in [0.5, 0.6) is 0 Å². The summed E-state index contributed by atoms with van der Waals surface area (Å²) in [5, 5.41) is 13.0. The number of alkyl halides is 3. The van der Waals surface area contributed by atoms with Gasteiger partial charge in [0.05, 0.1) is 11.0 Å². The highest BCUT2D eigenvalue weighted by molar-refractivity contribution is 6.00. The lowest BCUT2D eigenvalue weighted by atomic mass is 9.68. The van der Waals surface area contributed by atoms with Crippen LogP contribution in [0.2, 0.25) is 0 Å². The molecule has 1 unspecified atom stereocenters. The molecule has 1 aromatic carbocycles. The first-order valence-corrected chi connectivity index (χ1v) is 14.2. The summed E-state index contributed by atoms with van der Waals surface area (Å²) in [6.45, 7) is 4.74. The standard InChI is InChI=1S/C26H35N5O3.C2HF3O2/c1-29-22-14-18(2-3-20(22)31(25(29)34)21-4-5-23(32)28-24(21)33)17-8-12-30(13-9-17)19-6-10-26(11-7-19)15-27-16-26;3-2(4,5)1(6)7/h2-3,14,17,19,21,27H,4-13,15-16H2,1H3,(H,28,32,33);(H,6,7). The van der Waals surface area contributed by atoms with Crippen molar-refractivity contribution in [3.05, 3.63) is 34.2 Å². The fourth-order valence-electron chi connectivity index (χ4n) is 6.87. The molecule has 1 atom stereocenters. The quantitative estimate of drug-likeness (QED) is 0.478. The number of nitrogens with one attached hydrogen (secondary N) is 2. The van der Waals surface area contributed by atoms with Gasteiger partial charge in [0.1, 0.15) is 6.04 Å². The molecule has 1 saturated carbocycles. The van der Waals surface area contributed by atoms with Crippen molar-refractivity contribution in [2.45, 2.75) is 75.5 Å². The van der Waals surface area contributed by atoms with Gasteiger partial charge in [-0.2, -0.15) is 13.2 Å². The molecule has 10 nitrogen and oxygen atoms in total. The van der Waals surface area contributed by atoms with Gasteiger partial charge >= 0.3 is 17.8 Å². The number of rotatable bonds is 3. The van der Waals surface area contributed by atoms with E-state index < -0.39 is 18.2 Å². The lowest BCUT2D eigenvalue weighted by Crippen LogP contribution is -2.57. The number of imide groups is 1. The van der Waals surface area contributed by atoms with Crippen LogP contribution in [0.25, 0.3) is 11.0 Å². The largest absolute Gasteiger partial charge is 0.490 e. The number of nitrogens with zero attached hydrogens (tertiary/aromatic N) is 3. The molecule has 3 N–H and O–H groups in total. The summed E-state index contributed by atoms with van der Waals surface area (Å²) < 4.78 is 34.9. The second-order valence-corrected chi connectivity index (χ2v) is 11.9. The molecule has 1 aliphatic carbocycles. The predicted molar refractivity (Wildman–Crippen MR) is 143 cm³/mol. The van der Waals surface area contributed by atoms with E-state index in [0.29, 0.717) is 17.8 Å². The van der Waals surface area contributed by atoms with Gasteiger partial charge in [-0.3, -0.25) is 24.0 Å². The van der Waals surface area contributed by atoms with Crippen molar-refractivity contribution in [1.29, 1.82) is 0 Å². The molecule has 3 aliphatic heterocycles. The second-order valence-electron chi connectivity index (χ2n) is 11.9. The van der Waals surface area contributed by atoms with Gasteiger partial charge < -0.3 is 15.3 Å². The summed E-state index contributed by atoms with van der Waals surface area (Å²) in [7, 11) is 1.77. The summed E-state index contributed by atoms with van der Waals surface area (Å²) in [5.41, 5.74) is 3.33. The molecule has 4 fully saturated rings. The summed E-state index contributed by atoms with van der Waals surface area (Å²) in [6, 6.07) is 6.40. The predicted octanol–water partition coefficient (Wildman–Crippen LogP) is 2.66. The molecule has 1 aromatic heterocycles. The molecule has 4 heterocycles. The third kappa shape index (κ3) is 5.92. The van der Waals surface area contributed by atoms with Gasteiger partial charge in [0.15, 0.2) is 0 Å². The molecule has 2 aromatic rings. The van der Waals surface area contributed by atoms with Gasteiger partial charge in [-0.05, 0) is 87.1 Å². The van der Waals surface area contributed by atoms with E-state index >= 15 is 0 Å². The average Bonchev–Trinajstić information content (AvgIpc) is 3.17. The van der Waals surface area contributed by atoms with E-state index in [9.17, 15) is 27.6 Å². The van der Waals surface area contributed by atoms with Crippen molar-refractivity contribution in [3.63, 3.8) is 0 Å². The van der Waals surface area contributed by atoms with Gasteiger partial charge in [0.2, 0.25) is 11.8 Å². The summed E-state index contributed by atoms with van der Waals surface area (Å²) in [6.07, 6.45) is 3.27. The number of hydrogen-bond acceptors (Lipinski definition) is 6. The third-order valence-electron chi connectivity index (χ3n) is 9.41. The molecule has 13 heteroatoms. The van der Waals surface area contributed by atoms with Gasteiger partial charge in [-0.25, -0.2) is 9.59 Å². The SMILES string of the molecule is Cn1c(=O)n(C2CCC(=O)NC2=O)c2ccc(C3CCN(C4CCC5(CC4)CNC5)CC3)cc21.O=C(O)C(F)(F)F. The van der Waals surface area contributed by atoms with Crippen molar-refractivity contribution < 1.29 is 32.7 Å². The van der Waals surface area contributed by atoms with E-state index in [0.717, 1.165) is 43.0 Å². The fraction of sp³-hybridized carbons (Fsp3) is 0.643. The minimum absolute atomic E-state index is 0.201. The number of aliphatic carboxylic acids is 1. The Balaban J connectivity index is 0.000000431. The Kier molecular flexibility index (Phi) is 8.03. The molecule has 6 rings (SSSR count). The molecular formula is C28H36F3N5O5. The van der Waals surface area contributed by atoms with E-state index in [1.54, 1.807) is 16.2 Å². The lowest BCUT2D eigenvalue weighted by Gasteiger charge is -2.50. The highest BCUT2D eigenvalue weighted by Crippen LogP contribution is 2.42. The maximum atomic E-state index is 13.0. The molecule has 0 bridgehead atoms. The third-order valence-corrected chi connectivity index (χ3v) is 9.41. The van der Waals surface area contributed by atoms with Crippen LogP contribution in [0.3, 0.4) is 0 Å². The van der Waals surface area contributed by atoms with Crippen LogP contribution in [0.4, 0.5) is 13.2 Å². The van der Waals surface area contributed by atoms with Crippen LogP contribution in [0.1, 0.15) is 68.9 Å². The van der Waals surface area contributed by atoms with Crippen LogP contribution < -0.4 is 16.3 Å². The maximum Gasteiger partial charge on any atom is 0.490 e. The average molecular weight is 580 g/mol. The van der Waals surface area contributed by atoms with Crippen molar-refractivity contribution in [2.75, 3.05) is 26.2 Å². The van der Waals surface area contributed by atoms with E-state index in [1.165, 1.54) is 44.3 Å². The molecule has 0 radical (unpaired) electrons. The number of imidazole rings is 1. The lowest BCUT2D eigenvalue weighted by molar-refractivity contribution is -0.192. The van der Waals surface area contributed by atoms with Crippen molar-refractivity contribution >= 4 is 28.8 Å². The van der Waals surface area contributed by atoms with Gasteiger partial charge in [0, 0.05) is 32.6 Å². The van der Waals surface area contributed by atoms with Crippen LogP contribution in [0, 0.1) is 5.41 Å². The number of carbonyl (C=O) groups is 3. The number of carboxylic acids is 1. The normalized spacial score (nSPS) is 24.0.